The van der Waals surface area contributed by atoms with Crippen molar-refractivity contribution >= 4 is 23.8 Å². The van der Waals surface area contributed by atoms with Crippen molar-refractivity contribution in [3.63, 3.8) is 0 Å². The van der Waals surface area contributed by atoms with Gasteiger partial charge >= 0.3 is 5.97 Å². The molecule has 0 spiro atoms. The Morgan fingerprint density at radius 3 is 2.64 bits per heavy atom. The summed E-state index contributed by atoms with van der Waals surface area (Å²) >= 11 is 0. The van der Waals surface area contributed by atoms with Gasteiger partial charge in [0.25, 0.3) is 5.69 Å². The van der Waals surface area contributed by atoms with E-state index in [0.29, 0.717) is 17.7 Å². The molecule has 0 aliphatic heterocycles. The molecule has 3 rings (SSSR count). The summed E-state index contributed by atoms with van der Waals surface area (Å²) in [6.45, 7) is 5.89. The highest BCUT2D eigenvalue weighted by molar-refractivity contribution is 5.90. The molecule has 1 aromatic heterocycles. The van der Waals surface area contributed by atoms with Gasteiger partial charge in [0.15, 0.2) is 0 Å². The van der Waals surface area contributed by atoms with Gasteiger partial charge in [0.2, 0.25) is 5.91 Å². The number of nitrogens with zero attached hydrogens (tertiary/aromatic N) is 3. The number of rotatable bonds is 8. The molecule has 0 aliphatic rings. The Morgan fingerprint density at radius 1 is 1.15 bits per heavy atom. The Kier molecular flexibility index (Phi) is 7.34. The maximum atomic E-state index is 12.2. The van der Waals surface area contributed by atoms with Crippen molar-refractivity contribution < 1.29 is 19.2 Å². The molecule has 0 saturated carbocycles. The third-order valence-corrected chi connectivity index (χ3v) is 5.02. The van der Waals surface area contributed by atoms with E-state index in [9.17, 15) is 19.7 Å². The molecule has 3 aromatic rings. The van der Waals surface area contributed by atoms with Gasteiger partial charge in [-0.3, -0.25) is 14.9 Å². The average Bonchev–Trinajstić information content (AvgIpc) is 3.07. The first-order valence-electron chi connectivity index (χ1n) is 10.3. The summed E-state index contributed by atoms with van der Waals surface area (Å²) in [5, 5.41) is 15.1. The van der Waals surface area contributed by atoms with Crippen LogP contribution in [0.1, 0.15) is 39.8 Å². The maximum absolute atomic E-state index is 12.2. The number of aromatic nitrogens is 1. The number of ether oxygens (including phenoxy) is 1. The van der Waals surface area contributed by atoms with Gasteiger partial charge in [0, 0.05) is 34.3 Å². The molecule has 33 heavy (non-hydrogen) atoms. The summed E-state index contributed by atoms with van der Waals surface area (Å²) in [7, 11) is 0. The summed E-state index contributed by atoms with van der Waals surface area (Å²) in [6.07, 6.45) is 1.36. The molecule has 0 fully saturated rings. The van der Waals surface area contributed by atoms with E-state index in [1.807, 2.05) is 30.5 Å². The minimum absolute atomic E-state index is 0.106. The number of nitrogens with one attached hydrogen (secondary N) is 1. The Labute approximate surface area is 190 Å². The van der Waals surface area contributed by atoms with Crippen LogP contribution in [0.5, 0.6) is 0 Å². The zero-order valence-electron chi connectivity index (χ0n) is 18.6. The van der Waals surface area contributed by atoms with E-state index < -0.39 is 10.8 Å². The smallest absolute Gasteiger partial charge is 0.338 e. The van der Waals surface area contributed by atoms with Crippen LogP contribution in [-0.4, -0.2) is 34.2 Å². The molecule has 170 valence electrons. The fraction of sp³-hybridized carbons (Fsp3) is 0.208. The number of nitro benzene ring substituents is 1. The van der Waals surface area contributed by atoms with E-state index in [0.717, 1.165) is 22.6 Å². The Hall–Kier alpha value is -4.27. The normalized spacial score (nSPS) is 10.9. The predicted molar refractivity (Wildman–Crippen MR) is 124 cm³/mol. The third kappa shape index (κ3) is 5.51. The van der Waals surface area contributed by atoms with Gasteiger partial charge in [-0.1, -0.05) is 24.3 Å². The van der Waals surface area contributed by atoms with E-state index in [4.69, 9.17) is 4.74 Å². The summed E-state index contributed by atoms with van der Waals surface area (Å²) in [5.74, 6) is -0.846. The van der Waals surface area contributed by atoms with Crippen molar-refractivity contribution in [3.05, 3.63) is 92.8 Å². The van der Waals surface area contributed by atoms with Crippen LogP contribution in [0.2, 0.25) is 0 Å². The van der Waals surface area contributed by atoms with Crippen LogP contribution in [0.25, 0.3) is 5.69 Å². The molecule has 1 heterocycles. The quantitative estimate of drug-likeness (QED) is 0.243. The van der Waals surface area contributed by atoms with Crippen molar-refractivity contribution in [1.82, 2.24) is 9.99 Å². The van der Waals surface area contributed by atoms with Crippen LogP contribution in [-0.2, 0) is 16.0 Å². The lowest BCUT2D eigenvalue weighted by atomic mass is 10.1. The summed E-state index contributed by atoms with van der Waals surface area (Å²) in [6, 6.07) is 15.1. The second-order valence-electron chi connectivity index (χ2n) is 7.29. The fourth-order valence-corrected chi connectivity index (χ4v) is 3.53. The lowest BCUT2D eigenvalue weighted by molar-refractivity contribution is -0.385. The number of carbonyl (C=O) groups excluding carboxylic acids is 2. The monoisotopic (exact) mass is 448 g/mol. The second kappa shape index (κ2) is 10.4. The zero-order valence-corrected chi connectivity index (χ0v) is 18.6. The van der Waals surface area contributed by atoms with Crippen molar-refractivity contribution in [1.29, 1.82) is 0 Å². The molecule has 0 aliphatic carbocycles. The van der Waals surface area contributed by atoms with Gasteiger partial charge in [-0.05, 0) is 45.0 Å². The number of benzene rings is 2. The first kappa shape index (κ1) is 23.4. The predicted octanol–water partition coefficient (Wildman–Crippen LogP) is 3.87. The molecule has 0 bridgehead atoms. The molecule has 2 aromatic carbocycles. The van der Waals surface area contributed by atoms with E-state index in [-0.39, 0.29) is 18.1 Å². The van der Waals surface area contributed by atoms with Gasteiger partial charge in [-0.15, -0.1) is 0 Å². The lowest BCUT2D eigenvalue weighted by Gasteiger charge is -2.11. The van der Waals surface area contributed by atoms with Gasteiger partial charge in [-0.2, -0.15) is 5.10 Å². The molecule has 9 heteroatoms. The standard InChI is InChI=1S/C24H24N4O5/c1-4-33-24(30)19-9-7-10-21(13-19)27-16(2)12-20(17(27)3)15-25-26-23(29)14-18-8-5-6-11-22(18)28(31)32/h5-13,15H,4,14H2,1-3H3,(H,26,29). The number of aryl methyl sites for hydroxylation is 1. The van der Waals surface area contributed by atoms with E-state index in [1.165, 1.54) is 12.3 Å². The summed E-state index contributed by atoms with van der Waals surface area (Å²) < 4.78 is 7.05. The van der Waals surface area contributed by atoms with E-state index in [1.54, 1.807) is 43.3 Å². The van der Waals surface area contributed by atoms with Crippen molar-refractivity contribution in [3.8, 4) is 5.69 Å². The maximum Gasteiger partial charge on any atom is 0.338 e. The van der Waals surface area contributed by atoms with Crippen LogP contribution in [0.3, 0.4) is 0 Å². The number of hydrogen-bond donors (Lipinski definition) is 1. The Balaban J connectivity index is 1.74. The van der Waals surface area contributed by atoms with Gasteiger partial charge in [0.05, 0.1) is 29.7 Å². The van der Waals surface area contributed by atoms with Crippen LogP contribution in [0.15, 0.2) is 59.7 Å². The Morgan fingerprint density at radius 2 is 1.91 bits per heavy atom. The third-order valence-electron chi connectivity index (χ3n) is 5.02. The number of nitro groups is 1. The van der Waals surface area contributed by atoms with Gasteiger partial charge in [-0.25, -0.2) is 10.2 Å². The number of amides is 1. The van der Waals surface area contributed by atoms with Crippen molar-refractivity contribution in [2.45, 2.75) is 27.2 Å². The highest BCUT2D eigenvalue weighted by Gasteiger charge is 2.16. The molecule has 0 saturated heterocycles. The average molecular weight is 448 g/mol. The summed E-state index contributed by atoms with van der Waals surface area (Å²) in [5.41, 5.74) is 6.45. The van der Waals surface area contributed by atoms with Gasteiger partial charge in [0.1, 0.15) is 0 Å². The molecule has 1 amide bonds. The Bertz CT molecular complexity index is 1230. The minimum atomic E-state index is -0.516. The first-order valence-corrected chi connectivity index (χ1v) is 10.3. The van der Waals surface area contributed by atoms with Crippen LogP contribution < -0.4 is 5.43 Å². The highest BCUT2D eigenvalue weighted by Crippen LogP contribution is 2.21. The van der Waals surface area contributed by atoms with Gasteiger partial charge < -0.3 is 9.30 Å². The summed E-state index contributed by atoms with van der Waals surface area (Å²) in [4.78, 5) is 34.9. The van der Waals surface area contributed by atoms with Crippen LogP contribution >= 0.6 is 0 Å². The fourth-order valence-electron chi connectivity index (χ4n) is 3.53. The molecular formula is C24H24N4O5. The van der Waals surface area contributed by atoms with Crippen LogP contribution in [0.4, 0.5) is 5.69 Å². The molecule has 0 radical (unpaired) electrons. The van der Waals surface area contributed by atoms with Crippen molar-refractivity contribution in [2.24, 2.45) is 5.10 Å². The number of carbonyl (C=O) groups is 2. The second-order valence-corrected chi connectivity index (χ2v) is 7.29. The number of esters is 1. The first-order chi connectivity index (χ1) is 15.8. The lowest BCUT2D eigenvalue weighted by Crippen LogP contribution is -2.20. The van der Waals surface area contributed by atoms with Crippen LogP contribution in [0, 0.1) is 24.0 Å². The van der Waals surface area contributed by atoms with E-state index in [2.05, 4.69) is 10.5 Å². The molecule has 0 atom stereocenters. The topological polar surface area (TPSA) is 116 Å². The largest absolute Gasteiger partial charge is 0.462 e. The van der Waals surface area contributed by atoms with Crippen molar-refractivity contribution in [2.75, 3.05) is 6.61 Å². The molecular weight excluding hydrogens is 424 g/mol. The number of para-hydroxylation sites is 1. The highest BCUT2D eigenvalue weighted by atomic mass is 16.6. The zero-order chi connectivity index (χ0) is 24.0. The van der Waals surface area contributed by atoms with E-state index >= 15 is 0 Å². The SMILES string of the molecule is CCOC(=O)c1cccc(-n2c(C)cc(C=NNC(=O)Cc3ccccc3[N+](=O)[O-])c2C)c1. The molecule has 9 nitrogen and oxygen atoms in total. The molecule has 0 unspecified atom stereocenters. The number of hydrazone groups is 1. The minimum Gasteiger partial charge on any atom is -0.462 e. The number of hydrogen-bond acceptors (Lipinski definition) is 6. The molecule has 1 N–H and O–H groups in total.